The molecule has 0 atom stereocenters. The molecule has 0 aliphatic carbocycles. The maximum atomic E-state index is 6.34. The summed E-state index contributed by atoms with van der Waals surface area (Å²) in [5, 5.41) is 4.01. The van der Waals surface area contributed by atoms with Gasteiger partial charge in [-0.05, 0) is 30.7 Å². The first kappa shape index (κ1) is 14.8. The smallest absolute Gasteiger partial charge is 0.157 e. The molecule has 2 aromatic heterocycles. The molecule has 0 amide bonds. The molecule has 0 aliphatic heterocycles. The summed E-state index contributed by atoms with van der Waals surface area (Å²) in [5.41, 5.74) is 4.55. The number of nitrogens with zero attached hydrogens (tertiary/aromatic N) is 3. The van der Waals surface area contributed by atoms with Crippen LogP contribution in [-0.2, 0) is 0 Å². The van der Waals surface area contributed by atoms with E-state index in [0.717, 1.165) is 33.6 Å². The van der Waals surface area contributed by atoms with Gasteiger partial charge in [0.05, 0.1) is 41.4 Å². The van der Waals surface area contributed by atoms with Crippen LogP contribution in [0.5, 0.6) is 5.75 Å². The largest absolute Gasteiger partial charge is 0.497 e. The number of aromatic nitrogens is 3. The van der Waals surface area contributed by atoms with Crippen LogP contribution >= 0.6 is 11.6 Å². The van der Waals surface area contributed by atoms with Crippen molar-refractivity contribution in [1.82, 2.24) is 14.4 Å². The second kappa shape index (κ2) is 5.69. The van der Waals surface area contributed by atoms with Crippen LogP contribution < -0.4 is 10.1 Å². The molecule has 0 saturated heterocycles. The molecule has 6 heteroatoms. The van der Waals surface area contributed by atoms with Crippen LogP contribution in [0.4, 0.5) is 11.5 Å². The quantitative estimate of drug-likeness (QED) is 0.593. The average molecular weight is 339 g/mol. The van der Waals surface area contributed by atoms with Gasteiger partial charge in [-0.15, -0.1) is 0 Å². The molecule has 0 unspecified atom stereocenters. The van der Waals surface area contributed by atoms with Gasteiger partial charge in [0, 0.05) is 6.07 Å². The van der Waals surface area contributed by atoms with Gasteiger partial charge in [-0.2, -0.15) is 0 Å². The van der Waals surface area contributed by atoms with Crippen molar-refractivity contribution >= 4 is 39.7 Å². The molecule has 0 fully saturated rings. The van der Waals surface area contributed by atoms with Crippen molar-refractivity contribution in [2.45, 2.75) is 6.92 Å². The number of rotatable bonds is 3. The second-order valence-corrected chi connectivity index (χ2v) is 5.93. The molecule has 0 radical (unpaired) electrons. The van der Waals surface area contributed by atoms with Gasteiger partial charge in [-0.3, -0.25) is 4.40 Å². The number of hydrogen-bond acceptors (Lipinski definition) is 4. The summed E-state index contributed by atoms with van der Waals surface area (Å²) < 4.78 is 7.30. The Morgan fingerprint density at radius 1 is 1.17 bits per heavy atom. The molecule has 24 heavy (non-hydrogen) atoms. The number of aryl methyl sites for hydroxylation is 1. The molecule has 4 aromatic rings. The molecule has 120 valence electrons. The minimum absolute atomic E-state index is 0.653. The Hall–Kier alpha value is -2.79. The fourth-order valence-corrected chi connectivity index (χ4v) is 3.03. The molecule has 5 nitrogen and oxygen atoms in total. The molecule has 2 aromatic carbocycles. The first-order chi connectivity index (χ1) is 11.7. The monoisotopic (exact) mass is 338 g/mol. The Morgan fingerprint density at radius 3 is 2.83 bits per heavy atom. The number of benzene rings is 2. The predicted octanol–water partition coefficient (Wildman–Crippen LogP) is 4.60. The summed E-state index contributed by atoms with van der Waals surface area (Å²) in [6.07, 6.45) is 3.56. The van der Waals surface area contributed by atoms with Crippen LogP contribution in [0.25, 0.3) is 16.6 Å². The minimum atomic E-state index is 0.653. The number of fused-ring (bicyclic) bond motifs is 3. The molecule has 4 rings (SSSR count). The van der Waals surface area contributed by atoms with Crippen LogP contribution in [0.1, 0.15) is 5.56 Å². The molecule has 0 spiro atoms. The second-order valence-electron chi connectivity index (χ2n) is 5.52. The summed E-state index contributed by atoms with van der Waals surface area (Å²) in [6, 6.07) is 11.6. The SMILES string of the molecule is COc1ccc2c(c1)nc(Nc1c(C)cccc1Cl)c1cncn12. The summed E-state index contributed by atoms with van der Waals surface area (Å²) in [6.45, 7) is 2.01. The third-order valence-corrected chi connectivity index (χ3v) is 4.34. The number of para-hydroxylation sites is 1. The van der Waals surface area contributed by atoms with Crippen LogP contribution in [0, 0.1) is 6.92 Å². The topological polar surface area (TPSA) is 51.5 Å². The highest BCUT2D eigenvalue weighted by Gasteiger charge is 2.12. The zero-order chi connectivity index (χ0) is 16.7. The van der Waals surface area contributed by atoms with E-state index in [-0.39, 0.29) is 0 Å². The van der Waals surface area contributed by atoms with E-state index in [4.69, 9.17) is 21.3 Å². The summed E-state index contributed by atoms with van der Waals surface area (Å²) in [7, 11) is 1.64. The van der Waals surface area contributed by atoms with Crippen LogP contribution in [0.2, 0.25) is 5.02 Å². The highest BCUT2D eigenvalue weighted by atomic mass is 35.5. The number of ether oxygens (including phenoxy) is 1. The fraction of sp³-hybridized carbons (Fsp3) is 0.111. The average Bonchev–Trinajstić information content (AvgIpc) is 3.07. The van der Waals surface area contributed by atoms with Gasteiger partial charge in [-0.1, -0.05) is 23.7 Å². The van der Waals surface area contributed by atoms with Gasteiger partial charge in [0.25, 0.3) is 0 Å². The van der Waals surface area contributed by atoms with Crippen molar-refractivity contribution in [3.8, 4) is 5.75 Å². The van der Waals surface area contributed by atoms with E-state index in [2.05, 4.69) is 10.3 Å². The van der Waals surface area contributed by atoms with Gasteiger partial charge in [0.15, 0.2) is 5.82 Å². The van der Waals surface area contributed by atoms with Crippen molar-refractivity contribution in [3.63, 3.8) is 0 Å². The predicted molar refractivity (Wildman–Crippen MR) is 96.5 cm³/mol. The van der Waals surface area contributed by atoms with Crippen molar-refractivity contribution in [1.29, 1.82) is 0 Å². The van der Waals surface area contributed by atoms with Gasteiger partial charge < -0.3 is 10.1 Å². The van der Waals surface area contributed by atoms with Crippen LogP contribution in [0.3, 0.4) is 0 Å². The number of methoxy groups -OCH3 is 1. The Morgan fingerprint density at radius 2 is 2.04 bits per heavy atom. The van der Waals surface area contributed by atoms with E-state index >= 15 is 0 Å². The lowest BCUT2D eigenvalue weighted by Gasteiger charge is -2.13. The lowest BCUT2D eigenvalue weighted by molar-refractivity contribution is 0.415. The molecule has 0 bridgehead atoms. The van der Waals surface area contributed by atoms with Crippen LogP contribution in [0.15, 0.2) is 48.9 Å². The van der Waals surface area contributed by atoms with E-state index < -0.39 is 0 Å². The summed E-state index contributed by atoms with van der Waals surface area (Å²) in [4.78, 5) is 9.01. The minimum Gasteiger partial charge on any atom is -0.497 e. The number of hydrogen-bond donors (Lipinski definition) is 1. The summed E-state index contributed by atoms with van der Waals surface area (Å²) in [5.74, 6) is 1.46. The van der Waals surface area contributed by atoms with Crippen molar-refractivity contribution in [2.75, 3.05) is 12.4 Å². The Labute approximate surface area is 143 Å². The normalized spacial score (nSPS) is 11.1. The van der Waals surface area contributed by atoms with Crippen molar-refractivity contribution < 1.29 is 4.74 Å². The molecule has 2 heterocycles. The fourth-order valence-electron chi connectivity index (χ4n) is 2.76. The standard InChI is InChI=1S/C18H15ClN4O/c1-11-4-3-5-13(19)17(11)22-18-16-9-20-10-23(16)15-7-6-12(24-2)8-14(15)21-18/h3-10H,1-2H3,(H,21,22). The maximum Gasteiger partial charge on any atom is 0.157 e. The summed E-state index contributed by atoms with van der Waals surface area (Å²) >= 11 is 6.34. The Kier molecular flexibility index (Phi) is 3.50. The lowest BCUT2D eigenvalue weighted by atomic mass is 10.2. The van der Waals surface area contributed by atoms with Gasteiger partial charge in [0.1, 0.15) is 11.3 Å². The van der Waals surface area contributed by atoms with Crippen molar-refractivity contribution in [3.05, 3.63) is 59.5 Å². The number of nitrogens with one attached hydrogen (secondary N) is 1. The third kappa shape index (κ3) is 2.34. The highest BCUT2D eigenvalue weighted by molar-refractivity contribution is 6.33. The van der Waals surface area contributed by atoms with E-state index in [0.29, 0.717) is 10.8 Å². The van der Waals surface area contributed by atoms with Crippen molar-refractivity contribution in [2.24, 2.45) is 0 Å². The molecule has 0 saturated carbocycles. The zero-order valence-electron chi connectivity index (χ0n) is 13.2. The van der Waals surface area contributed by atoms with E-state index in [9.17, 15) is 0 Å². The molecule has 1 N–H and O–H groups in total. The third-order valence-electron chi connectivity index (χ3n) is 4.02. The first-order valence-electron chi connectivity index (χ1n) is 7.49. The first-order valence-corrected chi connectivity index (χ1v) is 7.87. The van der Waals surface area contributed by atoms with Gasteiger partial charge >= 0.3 is 0 Å². The van der Waals surface area contributed by atoms with Crippen LogP contribution in [-0.4, -0.2) is 21.5 Å². The molecule has 0 aliphatic rings. The maximum absolute atomic E-state index is 6.34. The van der Waals surface area contributed by atoms with E-state index in [1.54, 1.807) is 19.6 Å². The van der Waals surface area contributed by atoms with E-state index in [1.807, 2.05) is 47.7 Å². The molecular formula is C18H15ClN4O. The van der Waals surface area contributed by atoms with E-state index in [1.165, 1.54) is 0 Å². The van der Waals surface area contributed by atoms with Gasteiger partial charge in [-0.25, -0.2) is 9.97 Å². The Bertz CT molecular complexity index is 1040. The van der Waals surface area contributed by atoms with Gasteiger partial charge in [0.2, 0.25) is 0 Å². The number of anilines is 2. The number of halogens is 1. The Balaban J connectivity index is 1.94. The number of imidazole rings is 1. The highest BCUT2D eigenvalue weighted by Crippen LogP contribution is 2.31. The lowest BCUT2D eigenvalue weighted by Crippen LogP contribution is -2.01. The molecular weight excluding hydrogens is 324 g/mol. The zero-order valence-corrected chi connectivity index (χ0v) is 14.0.